The normalized spacial score (nSPS) is 11.9. The third-order valence-electron chi connectivity index (χ3n) is 4.55. The third kappa shape index (κ3) is 3.80. The monoisotopic (exact) mass is 415 g/mol. The number of benzene rings is 2. The quantitative estimate of drug-likeness (QED) is 0.462. The lowest BCUT2D eigenvalue weighted by Crippen LogP contribution is -2.24. The zero-order valence-electron chi connectivity index (χ0n) is 15.6. The molecule has 0 saturated heterocycles. The van der Waals surface area contributed by atoms with Crippen LogP contribution in [0.3, 0.4) is 0 Å². The van der Waals surface area contributed by atoms with Crippen LogP contribution in [0.5, 0.6) is 0 Å². The number of nitrogens with zero attached hydrogens (tertiary/aromatic N) is 3. The highest BCUT2D eigenvalue weighted by Gasteiger charge is 2.30. The molecule has 0 radical (unpaired) electrons. The van der Waals surface area contributed by atoms with Gasteiger partial charge in [0.25, 0.3) is 5.56 Å². The smallest absolute Gasteiger partial charge is 0.265 e. The first kappa shape index (κ1) is 19.3. The lowest BCUT2D eigenvalue weighted by Gasteiger charge is -2.10. The molecule has 0 saturated carbocycles. The summed E-state index contributed by atoms with van der Waals surface area (Å²) in [5.74, 6) is 0. The highest BCUT2D eigenvalue weighted by atomic mass is 32.1. The molecule has 8 heteroatoms. The summed E-state index contributed by atoms with van der Waals surface area (Å²) in [6, 6.07) is 12.5. The summed E-state index contributed by atoms with van der Waals surface area (Å²) < 4.78 is 40.3. The maximum Gasteiger partial charge on any atom is 0.416 e. The second kappa shape index (κ2) is 7.11. The van der Waals surface area contributed by atoms with Crippen molar-refractivity contribution in [2.75, 3.05) is 0 Å². The van der Waals surface area contributed by atoms with E-state index in [1.165, 1.54) is 28.2 Å². The fourth-order valence-corrected chi connectivity index (χ4v) is 3.96. The molecule has 0 aliphatic heterocycles. The fourth-order valence-electron chi connectivity index (χ4n) is 3.05. The van der Waals surface area contributed by atoms with E-state index in [0.717, 1.165) is 28.3 Å². The minimum absolute atomic E-state index is 0.0579. The van der Waals surface area contributed by atoms with Crippen LogP contribution in [0.1, 0.15) is 21.7 Å². The number of hydrogen-bond donors (Lipinski definition) is 0. The first-order valence-corrected chi connectivity index (χ1v) is 9.65. The standard InChI is InChI=1S/C21H16F3N3OS/c1-12-3-7-15(8-4-12)17-19-18(25-13(2)29-19)20(28)27(26-17)11-14-5-9-16(10-6-14)21(22,23)24/h3-10H,11H2,1-2H3. The van der Waals surface area contributed by atoms with Crippen molar-refractivity contribution in [1.29, 1.82) is 0 Å². The van der Waals surface area contributed by atoms with Crippen molar-refractivity contribution in [3.05, 3.63) is 80.6 Å². The summed E-state index contributed by atoms with van der Waals surface area (Å²) in [5, 5.41) is 5.28. The van der Waals surface area contributed by atoms with Crippen molar-refractivity contribution < 1.29 is 13.2 Å². The van der Waals surface area contributed by atoms with Gasteiger partial charge in [0.1, 0.15) is 5.69 Å². The van der Waals surface area contributed by atoms with Crippen LogP contribution in [0.15, 0.2) is 53.3 Å². The lowest BCUT2D eigenvalue weighted by atomic mass is 10.1. The Morgan fingerprint density at radius 2 is 1.66 bits per heavy atom. The number of aryl methyl sites for hydroxylation is 2. The maximum atomic E-state index is 12.9. The summed E-state index contributed by atoms with van der Waals surface area (Å²) in [6.45, 7) is 3.86. The predicted molar refractivity (Wildman–Crippen MR) is 107 cm³/mol. The minimum atomic E-state index is -4.40. The van der Waals surface area contributed by atoms with Gasteiger partial charge in [0.05, 0.1) is 21.8 Å². The Morgan fingerprint density at radius 1 is 1.00 bits per heavy atom. The molecule has 0 amide bonds. The Morgan fingerprint density at radius 3 is 2.28 bits per heavy atom. The predicted octanol–water partition coefficient (Wildman–Crippen LogP) is 5.20. The van der Waals surface area contributed by atoms with Gasteiger partial charge in [-0.25, -0.2) is 9.67 Å². The fraction of sp³-hybridized carbons (Fsp3) is 0.190. The zero-order valence-corrected chi connectivity index (χ0v) is 16.4. The van der Waals surface area contributed by atoms with Crippen molar-refractivity contribution in [3.8, 4) is 11.3 Å². The summed E-state index contributed by atoms with van der Waals surface area (Å²) in [6.07, 6.45) is -4.40. The molecule has 0 N–H and O–H groups in total. The molecule has 0 fully saturated rings. The molecule has 0 spiro atoms. The summed E-state index contributed by atoms with van der Waals surface area (Å²) in [4.78, 5) is 17.2. The van der Waals surface area contributed by atoms with Crippen LogP contribution in [-0.4, -0.2) is 14.8 Å². The highest BCUT2D eigenvalue weighted by molar-refractivity contribution is 7.19. The van der Waals surface area contributed by atoms with Gasteiger partial charge >= 0.3 is 6.18 Å². The topological polar surface area (TPSA) is 47.8 Å². The van der Waals surface area contributed by atoms with E-state index in [1.807, 2.05) is 38.1 Å². The number of hydrogen-bond acceptors (Lipinski definition) is 4. The molecule has 4 rings (SSSR count). The van der Waals surface area contributed by atoms with Gasteiger partial charge in [-0.05, 0) is 31.5 Å². The number of alkyl halides is 3. The average molecular weight is 415 g/mol. The summed E-state index contributed by atoms with van der Waals surface area (Å²) in [7, 11) is 0. The van der Waals surface area contributed by atoms with E-state index in [2.05, 4.69) is 10.1 Å². The number of rotatable bonds is 3. The molecule has 29 heavy (non-hydrogen) atoms. The molecular weight excluding hydrogens is 399 g/mol. The van der Waals surface area contributed by atoms with Crippen LogP contribution < -0.4 is 5.56 Å². The van der Waals surface area contributed by atoms with Gasteiger partial charge in [-0.15, -0.1) is 11.3 Å². The zero-order chi connectivity index (χ0) is 20.8. The first-order chi connectivity index (χ1) is 13.7. The van der Waals surface area contributed by atoms with Crippen molar-refractivity contribution in [1.82, 2.24) is 14.8 Å². The van der Waals surface area contributed by atoms with Gasteiger partial charge in [-0.3, -0.25) is 4.79 Å². The van der Waals surface area contributed by atoms with Crippen molar-refractivity contribution in [2.45, 2.75) is 26.6 Å². The van der Waals surface area contributed by atoms with Crippen molar-refractivity contribution in [2.24, 2.45) is 0 Å². The Hall–Kier alpha value is -3.00. The number of aromatic nitrogens is 3. The Labute approximate surface area is 168 Å². The summed E-state index contributed by atoms with van der Waals surface area (Å²) in [5.41, 5.74) is 2.37. The second-order valence-corrected chi connectivity index (χ2v) is 7.99. The van der Waals surface area contributed by atoms with Crippen LogP contribution in [0.2, 0.25) is 0 Å². The van der Waals surface area contributed by atoms with Crippen LogP contribution in [0, 0.1) is 13.8 Å². The molecule has 2 aromatic carbocycles. The van der Waals surface area contributed by atoms with E-state index in [1.54, 1.807) is 0 Å². The van der Waals surface area contributed by atoms with Gasteiger partial charge in [0.15, 0.2) is 5.52 Å². The van der Waals surface area contributed by atoms with E-state index < -0.39 is 11.7 Å². The first-order valence-electron chi connectivity index (χ1n) is 8.84. The van der Waals surface area contributed by atoms with Gasteiger partial charge in [0.2, 0.25) is 0 Å². The van der Waals surface area contributed by atoms with Gasteiger partial charge in [0, 0.05) is 5.56 Å². The van der Waals surface area contributed by atoms with Crippen LogP contribution in [-0.2, 0) is 12.7 Å². The average Bonchev–Trinajstić information content (AvgIpc) is 3.06. The second-order valence-electron chi connectivity index (χ2n) is 6.78. The maximum absolute atomic E-state index is 12.9. The molecule has 0 atom stereocenters. The SMILES string of the molecule is Cc1ccc(-c2nn(Cc3ccc(C(F)(F)F)cc3)c(=O)c3nc(C)sc23)cc1. The van der Waals surface area contributed by atoms with E-state index in [9.17, 15) is 18.0 Å². The highest BCUT2D eigenvalue weighted by Crippen LogP contribution is 2.31. The van der Waals surface area contributed by atoms with E-state index in [0.29, 0.717) is 21.5 Å². The molecule has 4 nitrogen and oxygen atoms in total. The molecule has 0 bridgehead atoms. The number of halogens is 3. The van der Waals surface area contributed by atoms with Crippen molar-refractivity contribution in [3.63, 3.8) is 0 Å². The largest absolute Gasteiger partial charge is 0.416 e. The molecule has 0 unspecified atom stereocenters. The van der Waals surface area contributed by atoms with Gasteiger partial charge < -0.3 is 0 Å². The molecule has 2 heterocycles. The third-order valence-corrected chi connectivity index (χ3v) is 5.52. The molecule has 4 aromatic rings. The van der Waals surface area contributed by atoms with Crippen LogP contribution >= 0.6 is 11.3 Å². The van der Waals surface area contributed by atoms with E-state index in [-0.39, 0.29) is 12.1 Å². The van der Waals surface area contributed by atoms with E-state index >= 15 is 0 Å². The minimum Gasteiger partial charge on any atom is -0.265 e. The Kier molecular flexibility index (Phi) is 4.74. The Bertz CT molecular complexity index is 1240. The van der Waals surface area contributed by atoms with Crippen LogP contribution in [0.25, 0.3) is 21.5 Å². The lowest BCUT2D eigenvalue weighted by molar-refractivity contribution is -0.137. The number of thiazole rings is 1. The molecular formula is C21H16F3N3OS. The van der Waals surface area contributed by atoms with Crippen molar-refractivity contribution >= 4 is 21.6 Å². The Balaban J connectivity index is 1.81. The van der Waals surface area contributed by atoms with Crippen LogP contribution in [0.4, 0.5) is 13.2 Å². The molecule has 0 aliphatic rings. The van der Waals surface area contributed by atoms with Gasteiger partial charge in [-0.1, -0.05) is 42.0 Å². The van der Waals surface area contributed by atoms with Gasteiger partial charge in [-0.2, -0.15) is 18.3 Å². The molecule has 148 valence electrons. The number of fused-ring (bicyclic) bond motifs is 1. The van der Waals surface area contributed by atoms with E-state index in [4.69, 9.17) is 0 Å². The molecule has 2 aromatic heterocycles. The molecule has 0 aliphatic carbocycles. The summed E-state index contributed by atoms with van der Waals surface area (Å²) >= 11 is 1.40.